The van der Waals surface area contributed by atoms with Crippen LogP contribution in [0.1, 0.15) is 20.3 Å². The first-order valence-electron chi connectivity index (χ1n) is 3.87. The summed E-state index contributed by atoms with van der Waals surface area (Å²) < 4.78 is 26.6. The van der Waals surface area contributed by atoms with Crippen molar-refractivity contribution in [3.63, 3.8) is 0 Å². The van der Waals surface area contributed by atoms with E-state index in [0.717, 1.165) is 4.31 Å². The maximum atomic E-state index is 11.3. The minimum absolute atomic E-state index is 0.109. The maximum Gasteiger partial charge on any atom is 0.349 e. The van der Waals surface area contributed by atoms with Gasteiger partial charge in [-0.15, -0.1) is 4.40 Å². The Bertz CT molecular complexity index is 346. The quantitative estimate of drug-likeness (QED) is 0.693. The zero-order valence-electron chi connectivity index (χ0n) is 7.44. The summed E-state index contributed by atoms with van der Waals surface area (Å²) in [7, 11) is -3.77. The topological polar surface area (TPSA) is 78.8 Å². The van der Waals surface area contributed by atoms with Crippen LogP contribution in [0, 0.1) is 0 Å². The lowest BCUT2D eigenvalue weighted by Gasteiger charge is -2.23. The van der Waals surface area contributed by atoms with Crippen LogP contribution in [0.5, 0.6) is 0 Å². The molecule has 1 N–H and O–H groups in total. The highest BCUT2D eigenvalue weighted by molar-refractivity contribution is 7.88. The number of nitrogens with one attached hydrogen (secondary N) is 1. The Kier molecular flexibility index (Phi) is 2.55. The van der Waals surface area contributed by atoms with Gasteiger partial charge in [0.05, 0.1) is 0 Å². The Morgan fingerprint density at radius 2 is 2.15 bits per heavy atom. The van der Waals surface area contributed by atoms with Crippen LogP contribution in [0.4, 0.5) is 4.79 Å². The summed E-state index contributed by atoms with van der Waals surface area (Å²) in [5.74, 6) is 0.109. The lowest BCUT2D eigenvalue weighted by Crippen LogP contribution is -2.49. The number of amidine groups is 1. The fraction of sp³-hybridized carbons (Fsp3) is 0.667. The molecule has 0 bridgehead atoms. The average molecular weight is 205 g/mol. The third-order valence-electron chi connectivity index (χ3n) is 1.47. The van der Waals surface area contributed by atoms with Gasteiger partial charge in [0.2, 0.25) is 0 Å². The van der Waals surface area contributed by atoms with Crippen molar-refractivity contribution in [2.75, 3.05) is 6.54 Å². The Morgan fingerprint density at radius 3 is 2.62 bits per heavy atom. The molecule has 74 valence electrons. The van der Waals surface area contributed by atoms with Crippen LogP contribution in [0.15, 0.2) is 4.40 Å². The van der Waals surface area contributed by atoms with Gasteiger partial charge in [0.1, 0.15) is 5.84 Å². The standard InChI is InChI=1S/C6H11N3O3S/c1-3-4-9-6(10)7-5(2)8-13(9,11)12/h3-4H2,1-2H3,(H,7,8,10). The predicted octanol–water partition coefficient (Wildman–Crippen LogP) is 0.0848. The second-order valence-corrected chi connectivity index (χ2v) is 4.18. The molecular weight excluding hydrogens is 194 g/mol. The Labute approximate surface area is 76.8 Å². The van der Waals surface area contributed by atoms with Crippen LogP contribution >= 0.6 is 0 Å². The minimum Gasteiger partial charge on any atom is -0.294 e. The lowest BCUT2D eigenvalue weighted by molar-refractivity contribution is 0.227. The molecular formula is C6H11N3O3S. The number of amides is 2. The Balaban J connectivity index is 3.03. The molecule has 0 aromatic carbocycles. The van der Waals surface area contributed by atoms with E-state index in [4.69, 9.17) is 0 Å². The highest BCUT2D eigenvalue weighted by atomic mass is 32.2. The molecule has 0 unspecified atom stereocenters. The molecule has 0 aromatic rings. The number of nitrogens with zero attached hydrogens (tertiary/aromatic N) is 2. The van der Waals surface area contributed by atoms with Gasteiger partial charge in [-0.3, -0.25) is 5.32 Å². The van der Waals surface area contributed by atoms with Gasteiger partial charge in [-0.05, 0) is 13.3 Å². The SMILES string of the molecule is CCCN1C(=O)NC(C)=NS1(=O)=O. The number of rotatable bonds is 2. The van der Waals surface area contributed by atoms with Gasteiger partial charge >= 0.3 is 16.2 Å². The van der Waals surface area contributed by atoms with E-state index in [1.165, 1.54) is 6.92 Å². The first-order chi connectivity index (χ1) is 5.97. The van der Waals surface area contributed by atoms with Crippen molar-refractivity contribution in [1.29, 1.82) is 0 Å². The molecule has 6 nitrogen and oxygen atoms in total. The fourth-order valence-corrected chi connectivity index (χ4v) is 2.15. The summed E-state index contributed by atoms with van der Waals surface area (Å²) in [6, 6.07) is -0.630. The normalized spacial score (nSPS) is 20.9. The molecule has 1 rings (SSSR count). The largest absolute Gasteiger partial charge is 0.349 e. The molecule has 0 fully saturated rings. The highest BCUT2D eigenvalue weighted by Gasteiger charge is 2.30. The summed E-state index contributed by atoms with van der Waals surface area (Å²) in [4.78, 5) is 11.2. The third-order valence-corrected chi connectivity index (χ3v) is 2.88. The van der Waals surface area contributed by atoms with Crippen molar-refractivity contribution in [3.05, 3.63) is 0 Å². The number of carbonyl (C=O) groups excluding carboxylic acids is 1. The van der Waals surface area contributed by atoms with E-state index < -0.39 is 16.2 Å². The van der Waals surface area contributed by atoms with Gasteiger partial charge in [-0.25, -0.2) is 9.10 Å². The van der Waals surface area contributed by atoms with Gasteiger partial charge in [0.25, 0.3) is 0 Å². The van der Waals surface area contributed by atoms with E-state index in [1.807, 2.05) is 0 Å². The number of hydrogen-bond acceptors (Lipinski definition) is 3. The van der Waals surface area contributed by atoms with Crippen LogP contribution in [-0.4, -0.2) is 31.1 Å². The maximum absolute atomic E-state index is 11.3. The van der Waals surface area contributed by atoms with Crippen LogP contribution in [0.25, 0.3) is 0 Å². The summed E-state index contributed by atoms with van der Waals surface area (Å²) in [6.07, 6.45) is 0.571. The van der Waals surface area contributed by atoms with Crippen LogP contribution in [-0.2, 0) is 10.2 Å². The molecule has 13 heavy (non-hydrogen) atoms. The molecule has 0 atom stereocenters. The summed E-state index contributed by atoms with van der Waals surface area (Å²) in [5.41, 5.74) is 0. The minimum atomic E-state index is -3.77. The molecule has 1 aliphatic heterocycles. The number of urea groups is 1. The van der Waals surface area contributed by atoms with Crippen LogP contribution < -0.4 is 5.32 Å². The van der Waals surface area contributed by atoms with Crippen molar-refractivity contribution >= 4 is 22.1 Å². The second-order valence-electron chi connectivity index (χ2n) is 2.66. The molecule has 7 heteroatoms. The average Bonchev–Trinajstić information content (AvgIpc) is 1.95. The van der Waals surface area contributed by atoms with Crippen LogP contribution in [0.2, 0.25) is 0 Å². The van der Waals surface area contributed by atoms with E-state index in [2.05, 4.69) is 9.71 Å². The van der Waals surface area contributed by atoms with E-state index in [0.29, 0.717) is 6.42 Å². The van der Waals surface area contributed by atoms with Gasteiger partial charge in [0.15, 0.2) is 0 Å². The van der Waals surface area contributed by atoms with E-state index in [1.54, 1.807) is 6.92 Å². The van der Waals surface area contributed by atoms with Gasteiger partial charge in [-0.1, -0.05) is 6.92 Å². The first kappa shape index (κ1) is 9.97. The van der Waals surface area contributed by atoms with Gasteiger partial charge < -0.3 is 0 Å². The Morgan fingerprint density at radius 1 is 1.54 bits per heavy atom. The van der Waals surface area contributed by atoms with Crippen molar-refractivity contribution < 1.29 is 13.2 Å². The third kappa shape index (κ3) is 1.97. The van der Waals surface area contributed by atoms with Crippen molar-refractivity contribution in [3.8, 4) is 0 Å². The van der Waals surface area contributed by atoms with Gasteiger partial charge in [-0.2, -0.15) is 8.42 Å². The molecule has 2 amide bonds. The van der Waals surface area contributed by atoms with Crippen molar-refractivity contribution in [1.82, 2.24) is 9.62 Å². The molecule has 0 aliphatic carbocycles. The Hall–Kier alpha value is -1.11. The fourth-order valence-electron chi connectivity index (χ4n) is 0.987. The molecule has 1 heterocycles. The van der Waals surface area contributed by atoms with Crippen LogP contribution in [0.3, 0.4) is 0 Å². The highest BCUT2D eigenvalue weighted by Crippen LogP contribution is 2.08. The monoisotopic (exact) mass is 205 g/mol. The van der Waals surface area contributed by atoms with E-state index >= 15 is 0 Å². The molecule has 0 spiro atoms. The lowest BCUT2D eigenvalue weighted by atomic mass is 10.5. The number of hydrogen-bond donors (Lipinski definition) is 1. The molecule has 0 saturated carbocycles. The summed E-state index contributed by atoms with van der Waals surface area (Å²) in [5, 5.41) is 2.33. The summed E-state index contributed by atoms with van der Waals surface area (Å²) in [6.45, 7) is 3.37. The number of carbonyl (C=O) groups is 1. The zero-order valence-corrected chi connectivity index (χ0v) is 8.26. The molecule has 0 saturated heterocycles. The molecule has 0 aromatic heterocycles. The van der Waals surface area contributed by atoms with E-state index in [9.17, 15) is 13.2 Å². The molecule has 1 aliphatic rings. The first-order valence-corrected chi connectivity index (χ1v) is 5.27. The van der Waals surface area contributed by atoms with Gasteiger partial charge in [0, 0.05) is 6.54 Å². The van der Waals surface area contributed by atoms with Crippen molar-refractivity contribution in [2.24, 2.45) is 4.40 Å². The van der Waals surface area contributed by atoms with Crippen molar-refractivity contribution in [2.45, 2.75) is 20.3 Å². The second kappa shape index (κ2) is 3.33. The summed E-state index contributed by atoms with van der Waals surface area (Å²) >= 11 is 0. The smallest absolute Gasteiger partial charge is 0.294 e. The van der Waals surface area contributed by atoms with E-state index in [-0.39, 0.29) is 12.4 Å². The predicted molar refractivity (Wildman–Crippen MR) is 47.6 cm³/mol. The molecule has 0 radical (unpaired) electrons. The zero-order chi connectivity index (χ0) is 10.1.